The number of thiophene rings is 1. The molecule has 1 aliphatic heterocycles. The van der Waals surface area contributed by atoms with Crippen molar-refractivity contribution in [3.63, 3.8) is 0 Å². The smallest absolute Gasteiger partial charge is 0.228 e. The highest BCUT2D eigenvalue weighted by molar-refractivity contribution is 7.16. The lowest BCUT2D eigenvalue weighted by molar-refractivity contribution is -0.117. The Balaban J connectivity index is 1.49. The van der Waals surface area contributed by atoms with Gasteiger partial charge in [0.2, 0.25) is 5.91 Å². The molecule has 128 valence electrons. The first-order valence-electron chi connectivity index (χ1n) is 8.86. The SMILES string of the molecule is CCc1cccc(C2CC2C(=O)Nc2sc3c(c2C#N)CCNC3)c1. The van der Waals surface area contributed by atoms with E-state index in [1.807, 2.05) is 0 Å². The van der Waals surface area contributed by atoms with E-state index in [1.54, 1.807) is 11.3 Å². The van der Waals surface area contributed by atoms with E-state index in [9.17, 15) is 10.1 Å². The van der Waals surface area contributed by atoms with E-state index in [-0.39, 0.29) is 11.8 Å². The van der Waals surface area contributed by atoms with Crippen LogP contribution in [0.2, 0.25) is 0 Å². The van der Waals surface area contributed by atoms with Crippen molar-refractivity contribution in [1.82, 2.24) is 5.32 Å². The van der Waals surface area contributed by atoms with Crippen LogP contribution in [-0.4, -0.2) is 12.5 Å². The van der Waals surface area contributed by atoms with Crippen LogP contribution in [-0.2, 0) is 24.2 Å². The van der Waals surface area contributed by atoms with Gasteiger partial charge in [-0.15, -0.1) is 11.3 Å². The molecule has 1 amide bonds. The van der Waals surface area contributed by atoms with Gasteiger partial charge in [-0.05, 0) is 48.4 Å². The summed E-state index contributed by atoms with van der Waals surface area (Å²) in [7, 11) is 0. The molecule has 1 aliphatic carbocycles. The van der Waals surface area contributed by atoms with E-state index >= 15 is 0 Å². The maximum Gasteiger partial charge on any atom is 0.228 e. The number of hydrogen-bond acceptors (Lipinski definition) is 4. The van der Waals surface area contributed by atoms with Crippen LogP contribution in [0.15, 0.2) is 24.3 Å². The van der Waals surface area contributed by atoms with Gasteiger partial charge in [0.15, 0.2) is 0 Å². The lowest BCUT2D eigenvalue weighted by Gasteiger charge is -2.11. The van der Waals surface area contributed by atoms with E-state index in [0.717, 1.165) is 42.9 Å². The second-order valence-electron chi connectivity index (χ2n) is 6.78. The third kappa shape index (κ3) is 3.08. The first-order valence-corrected chi connectivity index (χ1v) is 9.68. The van der Waals surface area contributed by atoms with E-state index in [2.05, 4.69) is 47.9 Å². The van der Waals surface area contributed by atoms with Crippen molar-refractivity contribution in [3.8, 4) is 6.07 Å². The van der Waals surface area contributed by atoms with Crippen molar-refractivity contribution < 1.29 is 4.79 Å². The molecule has 0 radical (unpaired) electrons. The molecule has 2 aliphatic rings. The normalized spacial score (nSPS) is 21.3. The summed E-state index contributed by atoms with van der Waals surface area (Å²) >= 11 is 1.55. The van der Waals surface area contributed by atoms with Crippen LogP contribution in [0.4, 0.5) is 5.00 Å². The zero-order valence-electron chi connectivity index (χ0n) is 14.3. The summed E-state index contributed by atoms with van der Waals surface area (Å²) in [4.78, 5) is 13.8. The summed E-state index contributed by atoms with van der Waals surface area (Å²) in [5.41, 5.74) is 4.35. The summed E-state index contributed by atoms with van der Waals surface area (Å²) in [6.45, 7) is 3.83. The molecular weight excluding hydrogens is 330 g/mol. The molecule has 1 fully saturated rings. The Hall–Kier alpha value is -2.16. The molecule has 1 saturated carbocycles. The maximum absolute atomic E-state index is 12.7. The first kappa shape index (κ1) is 16.3. The van der Waals surface area contributed by atoms with Crippen LogP contribution in [0.1, 0.15) is 46.4 Å². The van der Waals surface area contributed by atoms with Crippen LogP contribution in [0.25, 0.3) is 0 Å². The number of rotatable bonds is 4. The highest BCUT2D eigenvalue weighted by Gasteiger charge is 2.44. The zero-order chi connectivity index (χ0) is 17.4. The van der Waals surface area contributed by atoms with Gasteiger partial charge in [-0.25, -0.2) is 0 Å². The predicted octanol–water partition coefficient (Wildman–Crippen LogP) is 3.57. The van der Waals surface area contributed by atoms with E-state index in [0.29, 0.717) is 11.5 Å². The molecule has 0 saturated heterocycles. The average molecular weight is 351 g/mol. The fraction of sp³-hybridized carbons (Fsp3) is 0.400. The number of nitrogens with zero attached hydrogens (tertiary/aromatic N) is 1. The van der Waals surface area contributed by atoms with Crippen LogP contribution in [0.5, 0.6) is 0 Å². The molecule has 2 N–H and O–H groups in total. The minimum atomic E-state index is 0.0240. The molecule has 2 aromatic rings. The van der Waals surface area contributed by atoms with Gasteiger partial charge in [0.25, 0.3) is 0 Å². The Kier molecular flexibility index (Phi) is 4.32. The van der Waals surface area contributed by atoms with Crippen molar-refractivity contribution in [3.05, 3.63) is 51.4 Å². The molecule has 2 atom stereocenters. The van der Waals surface area contributed by atoms with Crippen molar-refractivity contribution in [2.45, 2.75) is 38.6 Å². The lowest BCUT2D eigenvalue weighted by Crippen LogP contribution is -2.22. The minimum absolute atomic E-state index is 0.0240. The first-order chi connectivity index (χ1) is 12.2. The minimum Gasteiger partial charge on any atom is -0.316 e. The molecule has 0 spiro atoms. The molecule has 0 bridgehead atoms. The van der Waals surface area contributed by atoms with Crippen LogP contribution < -0.4 is 10.6 Å². The molecule has 4 rings (SSSR count). The van der Waals surface area contributed by atoms with Gasteiger partial charge in [0.1, 0.15) is 11.1 Å². The number of amides is 1. The van der Waals surface area contributed by atoms with Gasteiger partial charge in [-0.1, -0.05) is 31.2 Å². The number of anilines is 1. The van der Waals surface area contributed by atoms with E-state index in [1.165, 1.54) is 16.0 Å². The fourth-order valence-electron chi connectivity index (χ4n) is 3.64. The Morgan fingerprint density at radius 1 is 1.48 bits per heavy atom. The molecule has 5 heteroatoms. The number of nitriles is 1. The van der Waals surface area contributed by atoms with E-state index < -0.39 is 0 Å². The highest BCUT2D eigenvalue weighted by atomic mass is 32.1. The van der Waals surface area contributed by atoms with Gasteiger partial charge in [-0.3, -0.25) is 4.79 Å². The average Bonchev–Trinajstić information content (AvgIpc) is 3.37. The Bertz CT molecular complexity index is 864. The standard InChI is InChI=1S/C20H21N3OS/c1-2-12-4-3-5-13(8-12)15-9-16(15)19(24)23-20-17(10-21)14-6-7-22-11-18(14)25-20/h3-5,8,15-16,22H,2,6-7,9,11H2,1H3,(H,23,24). The van der Waals surface area contributed by atoms with Crippen molar-refractivity contribution in [1.29, 1.82) is 5.26 Å². The number of fused-ring (bicyclic) bond motifs is 1. The quantitative estimate of drug-likeness (QED) is 0.885. The predicted molar refractivity (Wildman–Crippen MR) is 99.7 cm³/mol. The summed E-state index contributed by atoms with van der Waals surface area (Å²) in [5, 5.41) is 16.6. The Labute approximate surface area is 151 Å². The topological polar surface area (TPSA) is 64.9 Å². The summed E-state index contributed by atoms with van der Waals surface area (Å²) < 4.78 is 0. The molecule has 2 heterocycles. The maximum atomic E-state index is 12.7. The van der Waals surface area contributed by atoms with Gasteiger partial charge >= 0.3 is 0 Å². The van der Waals surface area contributed by atoms with Crippen LogP contribution >= 0.6 is 11.3 Å². The largest absolute Gasteiger partial charge is 0.316 e. The van der Waals surface area contributed by atoms with Crippen molar-refractivity contribution >= 4 is 22.2 Å². The highest BCUT2D eigenvalue weighted by Crippen LogP contribution is 2.48. The zero-order valence-corrected chi connectivity index (χ0v) is 15.1. The number of aryl methyl sites for hydroxylation is 1. The second kappa shape index (κ2) is 6.62. The van der Waals surface area contributed by atoms with Gasteiger partial charge in [-0.2, -0.15) is 5.26 Å². The van der Waals surface area contributed by atoms with Gasteiger partial charge < -0.3 is 10.6 Å². The number of benzene rings is 1. The second-order valence-corrected chi connectivity index (χ2v) is 7.89. The fourth-order valence-corrected chi connectivity index (χ4v) is 4.81. The monoisotopic (exact) mass is 351 g/mol. The number of hydrogen-bond donors (Lipinski definition) is 2. The number of carbonyl (C=O) groups is 1. The number of carbonyl (C=O) groups excluding carboxylic acids is 1. The van der Waals surface area contributed by atoms with Crippen LogP contribution in [0, 0.1) is 17.2 Å². The van der Waals surface area contributed by atoms with Crippen LogP contribution in [0.3, 0.4) is 0 Å². The summed E-state index contributed by atoms with van der Waals surface area (Å²) in [5.74, 6) is 0.388. The lowest BCUT2D eigenvalue weighted by atomic mass is 10.0. The van der Waals surface area contributed by atoms with Gasteiger partial charge in [0, 0.05) is 17.3 Å². The molecule has 25 heavy (non-hydrogen) atoms. The molecule has 4 nitrogen and oxygen atoms in total. The van der Waals surface area contributed by atoms with Gasteiger partial charge in [0.05, 0.1) is 5.56 Å². The summed E-state index contributed by atoms with van der Waals surface area (Å²) in [6, 6.07) is 10.8. The van der Waals surface area contributed by atoms with Crippen molar-refractivity contribution in [2.24, 2.45) is 5.92 Å². The number of nitrogens with one attached hydrogen (secondary N) is 2. The molecule has 1 aromatic heterocycles. The summed E-state index contributed by atoms with van der Waals surface area (Å²) in [6.07, 6.45) is 2.77. The molecular formula is C20H21N3OS. The molecule has 2 unspecified atom stereocenters. The Morgan fingerprint density at radius 2 is 2.36 bits per heavy atom. The van der Waals surface area contributed by atoms with Crippen molar-refractivity contribution in [2.75, 3.05) is 11.9 Å². The third-order valence-electron chi connectivity index (χ3n) is 5.19. The molecule has 1 aromatic carbocycles. The third-order valence-corrected chi connectivity index (χ3v) is 6.34. The Morgan fingerprint density at radius 3 is 3.16 bits per heavy atom. The van der Waals surface area contributed by atoms with E-state index in [4.69, 9.17) is 0 Å².